The molecular weight excluding hydrogens is 266 g/mol. The van der Waals surface area contributed by atoms with E-state index < -0.39 is 5.97 Å². The molecule has 0 spiro atoms. The van der Waals surface area contributed by atoms with Crippen LogP contribution in [0.3, 0.4) is 0 Å². The summed E-state index contributed by atoms with van der Waals surface area (Å²) in [4.78, 5) is 23.8. The number of carboxylic acids is 1. The third kappa shape index (κ3) is 3.24. The van der Waals surface area contributed by atoms with E-state index in [-0.39, 0.29) is 23.8 Å². The summed E-state index contributed by atoms with van der Waals surface area (Å²) in [6, 6.07) is -0.112. The molecule has 0 heterocycles. The summed E-state index contributed by atoms with van der Waals surface area (Å²) in [5, 5.41) is 12.5. The second-order valence-corrected chi connectivity index (χ2v) is 7.35. The van der Waals surface area contributed by atoms with E-state index >= 15 is 0 Å². The third-order valence-electron chi connectivity index (χ3n) is 5.98. The van der Waals surface area contributed by atoms with Gasteiger partial charge in [-0.3, -0.25) is 9.59 Å². The standard InChI is InChI=1S/C17H27NO3/c19-14(9-11-5-3-1-2-4-6-11)18-16-13-8-7-12(10-13)15(16)17(20)21/h11-13,15-16H,1-10H2,(H,18,19)(H,20,21). The van der Waals surface area contributed by atoms with Gasteiger partial charge in [-0.2, -0.15) is 0 Å². The molecule has 0 aromatic heterocycles. The Hall–Kier alpha value is -1.06. The number of carboxylic acid groups (broad SMARTS) is 1. The molecule has 4 heteroatoms. The van der Waals surface area contributed by atoms with Gasteiger partial charge >= 0.3 is 5.97 Å². The summed E-state index contributed by atoms with van der Waals surface area (Å²) in [6.07, 6.45) is 11.1. The van der Waals surface area contributed by atoms with Crippen molar-refractivity contribution in [2.45, 2.75) is 70.3 Å². The van der Waals surface area contributed by atoms with E-state index in [0.717, 1.165) is 32.1 Å². The molecule has 0 radical (unpaired) electrons. The first-order valence-corrected chi connectivity index (χ1v) is 8.67. The summed E-state index contributed by atoms with van der Waals surface area (Å²) < 4.78 is 0. The lowest BCUT2D eigenvalue weighted by Crippen LogP contribution is -2.47. The van der Waals surface area contributed by atoms with Crippen LogP contribution in [0.5, 0.6) is 0 Å². The molecule has 3 fully saturated rings. The molecule has 3 aliphatic carbocycles. The Labute approximate surface area is 126 Å². The molecule has 0 aliphatic heterocycles. The fourth-order valence-electron chi connectivity index (χ4n) is 4.93. The Kier molecular flexibility index (Phi) is 4.51. The molecule has 0 aromatic rings. The SMILES string of the molecule is O=C(CC1CCCCCC1)NC1C2CCC(C2)C1C(=O)O. The molecule has 3 saturated carbocycles. The van der Waals surface area contributed by atoms with Crippen molar-refractivity contribution in [3.63, 3.8) is 0 Å². The maximum Gasteiger partial charge on any atom is 0.308 e. The van der Waals surface area contributed by atoms with Crippen molar-refractivity contribution in [2.24, 2.45) is 23.7 Å². The average Bonchev–Trinajstić information content (AvgIpc) is 2.93. The highest BCUT2D eigenvalue weighted by atomic mass is 16.4. The van der Waals surface area contributed by atoms with Crippen molar-refractivity contribution in [1.29, 1.82) is 0 Å². The van der Waals surface area contributed by atoms with Crippen LogP contribution in [0, 0.1) is 23.7 Å². The van der Waals surface area contributed by atoms with Gasteiger partial charge in [0, 0.05) is 12.5 Å². The number of nitrogens with one attached hydrogen (secondary N) is 1. The highest BCUT2D eigenvalue weighted by molar-refractivity contribution is 5.79. The van der Waals surface area contributed by atoms with Crippen LogP contribution >= 0.6 is 0 Å². The summed E-state index contributed by atoms with van der Waals surface area (Å²) >= 11 is 0. The topological polar surface area (TPSA) is 66.4 Å². The lowest BCUT2D eigenvalue weighted by atomic mass is 9.84. The number of hydrogen-bond acceptors (Lipinski definition) is 2. The minimum absolute atomic E-state index is 0.0886. The minimum Gasteiger partial charge on any atom is -0.481 e. The van der Waals surface area contributed by atoms with E-state index in [0.29, 0.717) is 18.3 Å². The first-order chi connectivity index (χ1) is 10.1. The van der Waals surface area contributed by atoms with Crippen molar-refractivity contribution in [1.82, 2.24) is 5.32 Å². The molecular formula is C17H27NO3. The van der Waals surface area contributed by atoms with Gasteiger partial charge in [-0.15, -0.1) is 0 Å². The molecule has 0 aromatic carbocycles. The van der Waals surface area contributed by atoms with E-state index in [1.165, 1.54) is 25.7 Å². The molecule has 4 unspecified atom stereocenters. The predicted octanol–water partition coefficient (Wildman–Crippen LogP) is 2.96. The zero-order valence-corrected chi connectivity index (χ0v) is 12.7. The predicted molar refractivity (Wildman–Crippen MR) is 79.7 cm³/mol. The lowest BCUT2D eigenvalue weighted by molar-refractivity contribution is -0.144. The van der Waals surface area contributed by atoms with E-state index in [1.807, 2.05) is 0 Å². The number of hydrogen-bond donors (Lipinski definition) is 2. The number of carbonyl (C=O) groups excluding carboxylic acids is 1. The van der Waals surface area contributed by atoms with Crippen LogP contribution in [0.15, 0.2) is 0 Å². The van der Waals surface area contributed by atoms with Crippen LogP contribution in [0.4, 0.5) is 0 Å². The van der Waals surface area contributed by atoms with E-state index in [9.17, 15) is 14.7 Å². The molecule has 4 nitrogen and oxygen atoms in total. The van der Waals surface area contributed by atoms with Crippen LogP contribution in [-0.2, 0) is 9.59 Å². The number of aliphatic carboxylic acids is 1. The maximum absolute atomic E-state index is 12.3. The van der Waals surface area contributed by atoms with Crippen molar-refractivity contribution in [3.05, 3.63) is 0 Å². The summed E-state index contributed by atoms with van der Waals surface area (Å²) in [7, 11) is 0. The van der Waals surface area contributed by atoms with Gasteiger partial charge < -0.3 is 10.4 Å². The fourth-order valence-corrected chi connectivity index (χ4v) is 4.93. The van der Waals surface area contributed by atoms with Crippen LogP contribution in [0.25, 0.3) is 0 Å². The Balaban J connectivity index is 1.55. The fraction of sp³-hybridized carbons (Fsp3) is 0.882. The molecule has 2 N–H and O–H groups in total. The van der Waals surface area contributed by atoms with Gasteiger partial charge in [0.1, 0.15) is 0 Å². The van der Waals surface area contributed by atoms with Gasteiger partial charge in [0.2, 0.25) is 5.91 Å². The molecule has 3 aliphatic rings. The highest BCUT2D eigenvalue weighted by Crippen LogP contribution is 2.48. The number of fused-ring (bicyclic) bond motifs is 2. The summed E-state index contributed by atoms with van der Waals surface area (Å²) in [5.41, 5.74) is 0. The Morgan fingerprint density at radius 3 is 2.29 bits per heavy atom. The van der Waals surface area contributed by atoms with Gasteiger partial charge in [0.25, 0.3) is 0 Å². The summed E-state index contributed by atoms with van der Waals surface area (Å²) in [5.74, 6) is 0.216. The normalized spacial score (nSPS) is 36.4. The van der Waals surface area contributed by atoms with Crippen LogP contribution < -0.4 is 5.32 Å². The van der Waals surface area contributed by atoms with Gasteiger partial charge in [-0.25, -0.2) is 0 Å². The lowest BCUT2D eigenvalue weighted by Gasteiger charge is -2.29. The van der Waals surface area contributed by atoms with Crippen molar-refractivity contribution < 1.29 is 14.7 Å². The molecule has 118 valence electrons. The van der Waals surface area contributed by atoms with E-state index in [4.69, 9.17) is 0 Å². The first kappa shape index (κ1) is 14.9. The first-order valence-electron chi connectivity index (χ1n) is 8.67. The second kappa shape index (κ2) is 6.37. The molecule has 0 saturated heterocycles. The second-order valence-electron chi connectivity index (χ2n) is 7.35. The highest BCUT2D eigenvalue weighted by Gasteiger charge is 2.51. The quantitative estimate of drug-likeness (QED) is 0.783. The van der Waals surface area contributed by atoms with E-state index in [2.05, 4.69) is 5.32 Å². The smallest absolute Gasteiger partial charge is 0.308 e. The van der Waals surface area contributed by atoms with Crippen molar-refractivity contribution in [3.8, 4) is 0 Å². The van der Waals surface area contributed by atoms with E-state index in [1.54, 1.807) is 0 Å². The molecule has 21 heavy (non-hydrogen) atoms. The van der Waals surface area contributed by atoms with Gasteiger partial charge in [0.05, 0.1) is 5.92 Å². The summed E-state index contributed by atoms with van der Waals surface area (Å²) in [6.45, 7) is 0. The zero-order chi connectivity index (χ0) is 14.8. The molecule has 1 amide bonds. The zero-order valence-electron chi connectivity index (χ0n) is 12.7. The average molecular weight is 293 g/mol. The van der Waals surface area contributed by atoms with Crippen LogP contribution in [0.1, 0.15) is 64.2 Å². The Bertz CT molecular complexity index is 401. The van der Waals surface area contributed by atoms with Crippen LogP contribution in [0.2, 0.25) is 0 Å². The van der Waals surface area contributed by atoms with Crippen LogP contribution in [-0.4, -0.2) is 23.0 Å². The molecule has 4 atom stereocenters. The Morgan fingerprint density at radius 1 is 0.952 bits per heavy atom. The van der Waals surface area contributed by atoms with Crippen molar-refractivity contribution in [2.75, 3.05) is 0 Å². The van der Waals surface area contributed by atoms with Gasteiger partial charge in [0.15, 0.2) is 0 Å². The molecule has 3 rings (SSSR count). The van der Waals surface area contributed by atoms with Crippen molar-refractivity contribution >= 4 is 11.9 Å². The van der Waals surface area contributed by atoms with Gasteiger partial charge in [-0.05, 0) is 49.9 Å². The van der Waals surface area contributed by atoms with Gasteiger partial charge in [-0.1, -0.05) is 25.7 Å². The third-order valence-corrected chi connectivity index (χ3v) is 5.98. The number of rotatable bonds is 4. The minimum atomic E-state index is -0.720. The largest absolute Gasteiger partial charge is 0.481 e. The molecule has 2 bridgehead atoms. The number of amides is 1. The number of carbonyl (C=O) groups is 2. The Morgan fingerprint density at radius 2 is 1.62 bits per heavy atom. The monoisotopic (exact) mass is 293 g/mol. The maximum atomic E-state index is 12.3.